The van der Waals surface area contributed by atoms with Crippen LogP contribution in [0.4, 0.5) is 26.3 Å². The zero-order chi connectivity index (χ0) is 29.4. The predicted octanol–water partition coefficient (Wildman–Crippen LogP) is 3.97. The molecule has 1 amide bonds. The number of aromatic nitrogens is 2. The number of nitrogens with zero attached hydrogens (tertiary/aromatic N) is 3. The van der Waals surface area contributed by atoms with Gasteiger partial charge in [0, 0.05) is 36.9 Å². The summed E-state index contributed by atoms with van der Waals surface area (Å²) in [6.45, 7) is 4.08. The average molecular weight is 584 g/mol. The quantitative estimate of drug-likeness (QED) is 0.514. The van der Waals surface area contributed by atoms with E-state index in [0.717, 1.165) is 36.7 Å². The van der Waals surface area contributed by atoms with Crippen LogP contribution in [0.2, 0.25) is 0 Å². The second kappa shape index (κ2) is 13.1. The van der Waals surface area contributed by atoms with Gasteiger partial charge in [0.15, 0.2) is 0 Å². The molecule has 4 heterocycles. The minimum Gasteiger partial charge on any atom is -0.475 e. The molecule has 0 saturated carbocycles. The molecule has 16 heteroatoms. The summed E-state index contributed by atoms with van der Waals surface area (Å²) >= 11 is 1.94. The number of carboxylic acids is 2. The average Bonchev–Trinajstić information content (AvgIpc) is 3.27. The van der Waals surface area contributed by atoms with Crippen LogP contribution in [-0.4, -0.2) is 85.0 Å². The maximum Gasteiger partial charge on any atom is 0.490 e. The van der Waals surface area contributed by atoms with E-state index in [-0.39, 0.29) is 16.8 Å². The van der Waals surface area contributed by atoms with E-state index in [1.165, 1.54) is 0 Å². The number of hydrogen-bond acceptors (Lipinski definition) is 7. The normalized spacial score (nSPS) is 17.7. The van der Waals surface area contributed by atoms with Crippen LogP contribution in [0.25, 0.3) is 0 Å². The molecule has 2 N–H and O–H groups in total. The van der Waals surface area contributed by atoms with Gasteiger partial charge in [-0.05, 0) is 37.6 Å². The number of halogens is 6. The molecule has 4 rings (SSSR count). The number of carboxylic acid groups (broad SMARTS) is 2. The van der Waals surface area contributed by atoms with E-state index < -0.39 is 24.3 Å². The summed E-state index contributed by atoms with van der Waals surface area (Å²) in [5.41, 5.74) is 2.56. The van der Waals surface area contributed by atoms with Crippen molar-refractivity contribution in [3.05, 3.63) is 59.7 Å². The molecule has 2 aromatic rings. The fraction of sp³-hybridized carbons (Fsp3) is 0.435. The highest BCUT2D eigenvalue weighted by Gasteiger charge is 2.51. The van der Waals surface area contributed by atoms with Crippen molar-refractivity contribution in [3.8, 4) is 0 Å². The maximum absolute atomic E-state index is 12.5. The van der Waals surface area contributed by atoms with Crippen LogP contribution in [-0.2, 0) is 20.9 Å². The number of amides is 1. The molecule has 214 valence electrons. The van der Waals surface area contributed by atoms with Gasteiger partial charge in [-0.1, -0.05) is 6.07 Å². The van der Waals surface area contributed by atoms with E-state index in [1.54, 1.807) is 12.4 Å². The lowest BCUT2D eigenvalue weighted by atomic mass is 9.92. The van der Waals surface area contributed by atoms with Crippen molar-refractivity contribution >= 4 is 29.6 Å². The van der Waals surface area contributed by atoms with Crippen molar-refractivity contribution in [1.29, 1.82) is 0 Å². The Bertz CT molecular complexity index is 1100. The van der Waals surface area contributed by atoms with E-state index in [0.29, 0.717) is 12.2 Å². The number of thioether (sulfide) groups is 1. The summed E-state index contributed by atoms with van der Waals surface area (Å²) in [5, 5.41) is 14.2. The number of rotatable bonds is 4. The molecule has 0 aromatic carbocycles. The third-order valence-corrected chi connectivity index (χ3v) is 6.83. The van der Waals surface area contributed by atoms with Gasteiger partial charge >= 0.3 is 24.3 Å². The predicted molar refractivity (Wildman–Crippen MR) is 125 cm³/mol. The second-order valence-corrected chi connectivity index (χ2v) is 9.90. The standard InChI is InChI=1S/C19H21N3O2S.2C2HF3O2/c1-14-5-6-15(9-21-14)18(23)22-12-19(13-22)8-17(11-25-19)24-10-16-4-2-3-7-20-16;2*3-2(4,5)1(6)7/h2-7,9,17H,8,10-13H2,1H3;2*(H,6,7). The monoisotopic (exact) mass is 583 g/mol. The highest BCUT2D eigenvalue weighted by molar-refractivity contribution is 8.01. The Balaban J connectivity index is 0.000000317. The van der Waals surface area contributed by atoms with Gasteiger partial charge < -0.3 is 19.8 Å². The summed E-state index contributed by atoms with van der Waals surface area (Å²) in [6, 6.07) is 9.61. The maximum atomic E-state index is 12.5. The van der Waals surface area contributed by atoms with Crippen molar-refractivity contribution < 1.29 is 55.7 Å². The molecule has 1 atom stereocenters. The number of carbonyl (C=O) groups is 3. The van der Waals surface area contributed by atoms with E-state index in [4.69, 9.17) is 24.5 Å². The number of aryl methyl sites for hydroxylation is 1. The summed E-state index contributed by atoms with van der Waals surface area (Å²) in [6.07, 6.45) is -5.46. The molecule has 1 spiro atoms. The lowest BCUT2D eigenvalue weighted by Crippen LogP contribution is -2.60. The highest BCUT2D eigenvalue weighted by atomic mass is 32.2. The molecule has 0 bridgehead atoms. The van der Waals surface area contributed by atoms with Crippen molar-refractivity contribution in [2.24, 2.45) is 0 Å². The van der Waals surface area contributed by atoms with Crippen LogP contribution in [0.5, 0.6) is 0 Å². The van der Waals surface area contributed by atoms with Gasteiger partial charge in [-0.2, -0.15) is 26.3 Å². The SMILES string of the molecule is Cc1ccc(C(=O)N2CC3(CC(OCc4ccccn4)CS3)C2)cn1.O=C(O)C(F)(F)F.O=C(O)C(F)(F)F. The highest BCUT2D eigenvalue weighted by Crippen LogP contribution is 2.46. The number of hydrogen-bond donors (Lipinski definition) is 2. The molecule has 2 saturated heterocycles. The number of likely N-dealkylation sites (tertiary alicyclic amines) is 1. The van der Waals surface area contributed by atoms with Crippen LogP contribution in [0, 0.1) is 6.92 Å². The number of aliphatic carboxylic acids is 2. The fourth-order valence-corrected chi connectivity index (χ4v) is 4.94. The first-order valence-corrected chi connectivity index (χ1v) is 12.0. The van der Waals surface area contributed by atoms with Gasteiger partial charge in [0.05, 0.1) is 28.7 Å². The third-order valence-electron chi connectivity index (χ3n) is 5.26. The molecule has 0 aliphatic carbocycles. The lowest BCUT2D eigenvalue weighted by molar-refractivity contribution is -0.193. The summed E-state index contributed by atoms with van der Waals surface area (Å²) < 4.78 is 69.7. The van der Waals surface area contributed by atoms with Crippen LogP contribution < -0.4 is 0 Å². The van der Waals surface area contributed by atoms with Crippen LogP contribution in [0.15, 0.2) is 42.7 Å². The van der Waals surface area contributed by atoms with Gasteiger partial charge in [-0.3, -0.25) is 14.8 Å². The van der Waals surface area contributed by atoms with Crippen molar-refractivity contribution in [3.63, 3.8) is 0 Å². The lowest BCUT2D eigenvalue weighted by Gasteiger charge is -2.47. The van der Waals surface area contributed by atoms with E-state index in [2.05, 4.69) is 9.97 Å². The molecule has 9 nitrogen and oxygen atoms in total. The zero-order valence-corrected chi connectivity index (χ0v) is 21.0. The number of alkyl halides is 6. The number of ether oxygens (including phenoxy) is 1. The Morgan fingerprint density at radius 1 is 1.03 bits per heavy atom. The van der Waals surface area contributed by atoms with E-state index in [9.17, 15) is 31.1 Å². The first kappa shape index (κ1) is 31.8. The van der Waals surface area contributed by atoms with Crippen LogP contribution >= 0.6 is 11.8 Å². The Morgan fingerprint density at radius 2 is 1.62 bits per heavy atom. The Labute approximate surface area is 222 Å². The molecular formula is C23H23F6N3O6S. The second-order valence-electron chi connectivity index (χ2n) is 8.41. The largest absolute Gasteiger partial charge is 0.490 e. The van der Waals surface area contributed by atoms with Crippen molar-refractivity contribution in [2.45, 2.75) is 43.2 Å². The molecular weight excluding hydrogens is 560 g/mol. The molecule has 0 radical (unpaired) electrons. The molecule has 2 fully saturated rings. The van der Waals surface area contributed by atoms with E-state index in [1.807, 2.05) is 53.9 Å². The summed E-state index contributed by atoms with van der Waals surface area (Å²) in [7, 11) is 0. The van der Waals surface area contributed by atoms with Crippen molar-refractivity contribution in [2.75, 3.05) is 18.8 Å². The topological polar surface area (TPSA) is 130 Å². The third kappa shape index (κ3) is 10.0. The number of pyridine rings is 2. The minimum absolute atomic E-state index is 0.0802. The molecule has 2 aliphatic heterocycles. The summed E-state index contributed by atoms with van der Waals surface area (Å²) in [4.78, 5) is 40.7. The first-order valence-electron chi connectivity index (χ1n) is 11.0. The molecule has 2 aromatic heterocycles. The Hall–Kier alpha value is -3.40. The van der Waals surface area contributed by atoms with Gasteiger partial charge in [0.25, 0.3) is 5.91 Å². The van der Waals surface area contributed by atoms with Crippen LogP contribution in [0.1, 0.15) is 28.2 Å². The van der Waals surface area contributed by atoms with Crippen LogP contribution in [0.3, 0.4) is 0 Å². The fourth-order valence-electron chi connectivity index (χ4n) is 3.39. The molecule has 39 heavy (non-hydrogen) atoms. The summed E-state index contributed by atoms with van der Waals surface area (Å²) in [5.74, 6) is -4.45. The van der Waals surface area contributed by atoms with Gasteiger partial charge in [-0.15, -0.1) is 11.8 Å². The van der Waals surface area contributed by atoms with Gasteiger partial charge in [0.2, 0.25) is 0 Å². The Morgan fingerprint density at radius 3 is 2.08 bits per heavy atom. The first-order chi connectivity index (χ1) is 18.0. The molecule has 2 aliphatic rings. The van der Waals surface area contributed by atoms with E-state index >= 15 is 0 Å². The zero-order valence-electron chi connectivity index (χ0n) is 20.2. The van der Waals surface area contributed by atoms with Gasteiger partial charge in [-0.25, -0.2) is 9.59 Å². The Kier molecular flexibility index (Phi) is 10.7. The number of carbonyl (C=O) groups excluding carboxylic acids is 1. The van der Waals surface area contributed by atoms with Gasteiger partial charge in [0.1, 0.15) is 0 Å². The molecule has 1 unspecified atom stereocenters. The smallest absolute Gasteiger partial charge is 0.475 e. The van der Waals surface area contributed by atoms with Crippen molar-refractivity contribution in [1.82, 2.24) is 14.9 Å². The minimum atomic E-state index is -5.08.